The highest BCUT2D eigenvalue weighted by Crippen LogP contribution is 2.24. The van der Waals surface area contributed by atoms with Gasteiger partial charge in [0, 0.05) is 42.8 Å². The summed E-state index contributed by atoms with van der Waals surface area (Å²) in [4.78, 5) is 13.2. The first-order valence-corrected chi connectivity index (χ1v) is 12.5. The molecule has 0 saturated carbocycles. The maximum absolute atomic E-state index is 12.9. The number of hydrogen-bond donors (Lipinski definition) is 1. The first-order valence-electron chi connectivity index (χ1n) is 11.0. The Bertz CT molecular complexity index is 1260. The van der Waals surface area contributed by atoms with E-state index >= 15 is 0 Å². The van der Waals surface area contributed by atoms with E-state index in [4.69, 9.17) is 4.74 Å². The smallest absolute Gasteiger partial charge is 0.253 e. The van der Waals surface area contributed by atoms with Crippen LogP contribution in [0, 0.1) is 13.8 Å². The summed E-state index contributed by atoms with van der Waals surface area (Å²) >= 11 is 0. The fourth-order valence-corrected chi connectivity index (χ4v) is 5.79. The van der Waals surface area contributed by atoms with Gasteiger partial charge in [-0.25, -0.2) is 8.42 Å². The second-order valence-corrected chi connectivity index (χ2v) is 10.2. The van der Waals surface area contributed by atoms with E-state index in [1.54, 1.807) is 31.4 Å². The lowest BCUT2D eigenvalue weighted by atomic mass is 10.2. The molecule has 0 bridgehead atoms. The SMILES string of the molecule is COc1cccc(-n2c(C)cc(C(=O)NCc3ccc(S(=O)(=O)N4CCCC4)cc3)c2C)c1. The molecule has 2 aromatic carbocycles. The molecular weight excluding hydrogens is 438 g/mol. The van der Waals surface area contributed by atoms with Gasteiger partial charge in [0.2, 0.25) is 10.0 Å². The third-order valence-corrected chi connectivity index (χ3v) is 7.98. The van der Waals surface area contributed by atoms with Crippen molar-refractivity contribution in [3.05, 3.63) is 77.1 Å². The lowest BCUT2D eigenvalue weighted by molar-refractivity contribution is 0.0950. The van der Waals surface area contributed by atoms with E-state index in [0.717, 1.165) is 41.2 Å². The Kier molecular flexibility index (Phi) is 6.58. The van der Waals surface area contributed by atoms with Crippen molar-refractivity contribution in [1.82, 2.24) is 14.2 Å². The molecular formula is C25H29N3O4S. The zero-order chi connectivity index (χ0) is 23.6. The predicted molar refractivity (Wildman–Crippen MR) is 127 cm³/mol. The highest BCUT2D eigenvalue weighted by molar-refractivity contribution is 7.89. The van der Waals surface area contributed by atoms with Crippen molar-refractivity contribution in [2.45, 2.75) is 38.1 Å². The molecule has 0 aliphatic carbocycles. The lowest BCUT2D eigenvalue weighted by Gasteiger charge is -2.15. The third kappa shape index (κ3) is 4.67. The predicted octanol–water partition coefficient (Wildman–Crippen LogP) is 3.82. The molecule has 2 heterocycles. The molecule has 0 atom stereocenters. The molecule has 1 aliphatic heterocycles. The average Bonchev–Trinajstić information content (AvgIpc) is 3.46. The van der Waals surface area contributed by atoms with Gasteiger partial charge >= 0.3 is 0 Å². The lowest BCUT2D eigenvalue weighted by Crippen LogP contribution is -2.28. The topological polar surface area (TPSA) is 80.6 Å². The van der Waals surface area contributed by atoms with Crippen LogP contribution in [0.1, 0.15) is 40.2 Å². The average molecular weight is 468 g/mol. The van der Waals surface area contributed by atoms with Crippen LogP contribution in [0.5, 0.6) is 5.75 Å². The Morgan fingerprint density at radius 3 is 2.39 bits per heavy atom. The fourth-order valence-electron chi connectivity index (χ4n) is 4.27. The Hall–Kier alpha value is -3.10. The molecule has 1 aliphatic rings. The van der Waals surface area contributed by atoms with E-state index in [-0.39, 0.29) is 5.91 Å². The van der Waals surface area contributed by atoms with E-state index in [0.29, 0.717) is 30.1 Å². The molecule has 1 N–H and O–H groups in total. The minimum atomic E-state index is -3.43. The van der Waals surface area contributed by atoms with E-state index in [9.17, 15) is 13.2 Å². The summed E-state index contributed by atoms with van der Waals surface area (Å²) in [5, 5.41) is 2.95. The molecule has 0 spiro atoms. The van der Waals surface area contributed by atoms with Gasteiger partial charge in [0.05, 0.1) is 17.6 Å². The Morgan fingerprint density at radius 1 is 1.03 bits per heavy atom. The van der Waals surface area contributed by atoms with Crippen LogP contribution in [0.25, 0.3) is 5.69 Å². The largest absolute Gasteiger partial charge is 0.497 e. The summed E-state index contributed by atoms with van der Waals surface area (Å²) in [5.41, 5.74) is 4.15. The Balaban J connectivity index is 1.46. The maximum Gasteiger partial charge on any atom is 0.253 e. The highest BCUT2D eigenvalue weighted by atomic mass is 32.2. The normalized spacial score (nSPS) is 14.4. The molecule has 1 saturated heterocycles. The molecule has 3 aromatic rings. The molecule has 0 radical (unpaired) electrons. The van der Waals surface area contributed by atoms with Gasteiger partial charge in [-0.15, -0.1) is 0 Å². The molecule has 8 heteroatoms. The summed E-state index contributed by atoms with van der Waals surface area (Å²) in [7, 11) is -1.81. The number of rotatable bonds is 7. The number of nitrogens with one attached hydrogen (secondary N) is 1. The molecule has 33 heavy (non-hydrogen) atoms. The molecule has 1 amide bonds. The first kappa shape index (κ1) is 23.1. The molecule has 174 valence electrons. The van der Waals surface area contributed by atoms with Gasteiger partial charge in [-0.2, -0.15) is 4.31 Å². The monoisotopic (exact) mass is 467 g/mol. The van der Waals surface area contributed by atoms with Crippen molar-refractivity contribution in [3.8, 4) is 11.4 Å². The van der Waals surface area contributed by atoms with Gasteiger partial charge in [0.1, 0.15) is 5.75 Å². The number of sulfonamides is 1. The number of aryl methyl sites for hydroxylation is 1. The minimum Gasteiger partial charge on any atom is -0.497 e. The number of hydrogen-bond acceptors (Lipinski definition) is 4. The summed E-state index contributed by atoms with van der Waals surface area (Å²) < 4.78 is 34.2. The summed E-state index contributed by atoms with van der Waals surface area (Å²) in [6.45, 7) is 5.34. The highest BCUT2D eigenvalue weighted by Gasteiger charge is 2.27. The van der Waals surface area contributed by atoms with Crippen molar-refractivity contribution in [3.63, 3.8) is 0 Å². The van der Waals surface area contributed by atoms with Crippen molar-refractivity contribution < 1.29 is 17.9 Å². The van der Waals surface area contributed by atoms with Crippen molar-refractivity contribution in [1.29, 1.82) is 0 Å². The van der Waals surface area contributed by atoms with Crippen LogP contribution >= 0.6 is 0 Å². The van der Waals surface area contributed by atoms with Gasteiger partial charge in [-0.05, 0) is 62.6 Å². The second kappa shape index (κ2) is 9.41. The van der Waals surface area contributed by atoms with E-state index in [2.05, 4.69) is 5.32 Å². The van der Waals surface area contributed by atoms with Crippen LogP contribution in [0.15, 0.2) is 59.5 Å². The van der Waals surface area contributed by atoms with Crippen molar-refractivity contribution >= 4 is 15.9 Å². The third-order valence-electron chi connectivity index (χ3n) is 6.07. The van der Waals surface area contributed by atoms with Crippen LogP contribution in [0.3, 0.4) is 0 Å². The zero-order valence-electron chi connectivity index (χ0n) is 19.2. The summed E-state index contributed by atoms with van der Waals surface area (Å²) in [6.07, 6.45) is 1.81. The minimum absolute atomic E-state index is 0.175. The van der Waals surface area contributed by atoms with Crippen LogP contribution in [-0.4, -0.2) is 43.4 Å². The number of methoxy groups -OCH3 is 1. The number of carbonyl (C=O) groups excluding carboxylic acids is 1. The molecule has 1 fully saturated rings. The number of benzene rings is 2. The zero-order valence-corrected chi connectivity index (χ0v) is 20.0. The van der Waals surface area contributed by atoms with E-state index in [1.807, 2.05) is 48.7 Å². The van der Waals surface area contributed by atoms with Crippen LogP contribution < -0.4 is 10.1 Å². The molecule has 1 aromatic heterocycles. The number of aromatic nitrogens is 1. The second-order valence-electron chi connectivity index (χ2n) is 8.26. The maximum atomic E-state index is 12.9. The number of amides is 1. The van der Waals surface area contributed by atoms with Crippen molar-refractivity contribution in [2.24, 2.45) is 0 Å². The molecule has 7 nitrogen and oxygen atoms in total. The van der Waals surface area contributed by atoms with E-state index < -0.39 is 10.0 Å². The van der Waals surface area contributed by atoms with E-state index in [1.165, 1.54) is 4.31 Å². The van der Waals surface area contributed by atoms with Crippen LogP contribution in [0.2, 0.25) is 0 Å². The van der Waals surface area contributed by atoms with Gasteiger partial charge in [-0.1, -0.05) is 18.2 Å². The van der Waals surface area contributed by atoms with Gasteiger partial charge < -0.3 is 14.6 Å². The molecule has 0 unspecified atom stereocenters. The van der Waals surface area contributed by atoms with Crippen molar-refractivity contribution in [2.75, 3.05) is 20.2 Å². The van der Waals surface area contributed by atoms with Gasteiger partial charge in [-0.3, -0.25) is 4.79 Å². The molecule has 4 rings (SSSR count). The first-order chi connectivity index (χ1) is 15.8. The number of carbonyl (C=O) groups is 1. The standard InChI is InChI=1S/C25H29N3O4S/c1-18-15-24(19(2)28(18)21-7-6-8-22(16-21)32-3)25(29)26-17-20-9-11-23(12-10-20)33(30,31)27-13-4-5-14-27/h6-12,15-16H,4-5,13-14,17H2,1-3H3,(H,26,29). The number of ether oxygens (including phenoxy) is 1. The fraction of sp³-hybridized carbons (Fsp3) is 0.320. The van der Waals surface area contributed by atoms with Crippen LogP contribution in [-0.2, 0) is 16.6 Å². The quantitative estimate of drug-likeness (QED) is 0.573. The van der Waals surface area contributed by atoms with Gasteiger partial charge in [0.25, 0.3) is 5.91 Å². The summed E-state index contributed by atoms with van der Waals surface area (Å²) in [6, 6.07) is 16.3. The Labute approximate surface area is 195 Å². The number of nitrogens with zero attached hydrogens (tertiary/aromatic N) is 2. The summed E-state index contributed by atoms with van der Waals surface area (Å²) in [5.74, 6) is 0.576. The van der Waals surface area contributed by atoms with Crippen LogP contribution in [0.4, 0.5) is 0 Å². The van der Waals surface area contributed by atoms with Gasteiger partial charge in [0.15, 0.2) is 0 Å². The Morgan fingerprint density at radius 2 is 1.73 bits per heavy atom.